The Morgan fingerprint density at radius 1 is 1.36 bits per heavy atom. The standard InChI is InChI=1S/C3H6O2.Ba.H2O4S/c1-3(4)5-2;;1-5(2,3)4/h1-2H3;;(H2,1,2,3,4)/q;+2;/p-2. The van der Waals surface area contributed by atoms with Crippen molar-refractivity contribution in [2.24, 2.45) is 0 Å². The van der Waals surface area contributed by atoms with Gasteiger partial charge in [0.25, 0.3) is 0 Å². The minimum absolute atomic E-state index is 0. The second-order valence-corrected chi connectivity index (χ2v) is 1.92. The first-order valence-electron chi connectivity index (χ1n) is 1.98. The molecule has 0 saturated heterocycles. The largest absolute Gasteiger partial charge is 2.00 e. The van der Waals surface area contributed by atoms with Crippen molar-refractivity contribution in [2.45, 2.75) is 6.92 Å². The van der Waals surface area contributed by atoms with Crippen molar-refractivity contribution < 1.29 is 27.1 Å². The van der Waals surface area contributed by atoms with E-state index in [9.17, 15) is 4.79 Å². The van der Waals surface area contributed by atoms with Crippen molar-refractivity contribution in [1.82, 2.24) is 0 Å². The van der Waals surface area contributed by atoms with Crippen LogP contribution in [0.1, 0.15) is 6.92 Å². The van der Waals surface area contributed by atoms with Gasteiger partial charge in [-0.1, -0.05) is 0 Å². The average molecular weight is 307 g/mol. The molecule has 0 unspecified atom stereocenters. The number of methoxy groups -OCH3 is 1. The third-order valence-electron chi connectivity index (χ3n) is 0.287. The van der Waals surface area contributed by atoms with Crippen molar-refractivity contribution >= 4 is 65.2 Å². The predicted octanol–water partition coefficient (Wildman–Crippen LogP) is -1.54. The van der Waals surface area contributed by atoms with E-state index in [4.69, 9.17) is 17.5 Å². The number of esters is 1. The van der Waals surface area contributed by atoms with Gasteiger partial charge >= 0.3 is 54.9 Å². The van der Waals surface area contributed by atoms with Crippen LogP contribution in [0.5, 0.6) is 0 Å². The Labute approximate surface area is 105 Å². The molecule has 0 bridgehead atoms. The molecule has 62 valence electrons. The topological polar surface area (TPSA) is 107 Å². The second-order valence-electron chi connectivity index (χ2n) is 1.10. The van der Waals surface area contributed by atoms with Crippen LogP contribution in [0.15, 0.2) is 0 Å². The summed E-state index contributed by atoms with van der Waals surface area (Å²) in [7, 11) is -3.82. The summed E-state index contributed by atoms with van der Waals surface area (Å²) in [5.41, 5.74) is 0. The van der Waals surface area contributed by atoms with Gasteiger partial charge in [0.2, 0.25) is 0 Å². The summed E-state index contributed by atoms with van der Waals surface area (Å²) in [6.07, 6.45) is 0. The summed E-state index contributed by atoms with van der Waals surface area (Å²) < 4.78 is 38.2. The van der Waals surface area contributed by atoms with Gasteiger partial charge in [-0.25, -0.2) is 0 Å². The molecule has 6 nitrogen and oxygen atoms in total. The number of carbonyl (C=O) groups excluding carboxylic acids is 1. The van der Waals surface area contributed by atoms with E-state index < -0.39 is 10.4 Å². The van der Waals surface area contributed by atoms with Gasteiger partial charge in [-0.2, -0.15) is 0 Å². The molecule has 0 amide bonds. The molecule has 0 aliphatic rings. The van der Waals surface area contributed by atoms with E-state index in [1.165, 1.54) is 14.0 Å². The van der Waals surface area contributed by atoms with Gasteiger partial charge in [-0.05, 0) is 0 Å². The summed E-state index contributed by atoms with van der Waals surface area (Å²) >= 11 is 0. The molecule has 0 spiro atoms. The van der Waals surface area contributed by atoms with Crippen LogP contribution < -0.4 is 0 Å². The molecule has 0 heterocycles. The summed E-state index contributed by atoms with van der Waals surface area (Å²) in [6, 6.07) is 0. The van der Waals surface area contributed by atoms with Gasteiger partial charge in [0.05, 0.1) is 7.11 Å². The first-order valence-corrected chi connectivity index (χ1v) is 3.32. The molecule has 0 aromatic carbocycles. The van der Waals surface area contributed by atoms with Crippen LogP contribution in [0, 0.1) is 0 Å². The quantitative estimate of drug-likeness (QED) is 0.232. The number of rotatable bonds is 0. The van der Waals surface area contributed by atoms with Crippen LogP contribution in [0.4, 0.5) is 0 Å². The summed E-state index contributed by atoms with van der Waals surface area (Å²) in [5, 5.41) is 0. The van der Waals surface area contributed by atoms with E-state index in [1.54, 1.807) is 0 Å². The molecule has 0 aromatic rings. The zero-order chi connectivity index (χ0) is 8.78. The van der Waals surface area contributed by atoms with Gasteiger partial charge in [0, 0.05) is 17.3 Å². The molecule has 0 aromatic heterocycles. The van der Waals surface area contributed by atoms with E-state index in [1.807, 2.05) is 0 Å². The van der Waals surface area contributed by atoms with Crippen LogP contribution in [0.25, 0.3) is 0 Å². The van der Waals surface area contributed by atoms with Crippen molar-refractivity contribution in [1.29, 1.82) is 0 Å². The van der Waals surface area contributed by atoms with Crippen molar-refractivity contribution in [3.8, 4) is 0 Å². The van der Waals surface area contributed by atoms with Crippen molar-refractivity contribution in [3.05, 3.63) is 0 Å². The molecular weight excluding hydrogens is 301 g/mol. The van der Waals surface area contributed by atoms with E-state index in [0.29, 0.717) is 0 Å². The maximum Gasteiger partial charge on any atom is 2.00 e. The van der Waals surface area contributed by atoms with Gasteiger partial charge in [-0.3, -0.25) is 13.2 Å². The smallest absolute Gasteiger partial charge is 0.759 e. The van der Waals surface area contributed by atoms with Crippen molar-refractivity contribution in [3.63, 3.8) is 0 Å². The van der Waals surface area contributed by atoms with Crippen LogP contribution in [0.2, 0.25) is 0 Å². The van der Waals surface area contributed by atoms with Gasteiger partial charge < -0.3 is 13.8 Å². The fraction of sp³-hybridized carbons (Fsp3) is 0.667. The molecule has 0 N–H and O–H groups in total. The van der Waals surface area contributed by atoms with Crippen LogP contribution in [0.3, 0.4) is 0 Å². The molecule has 0 rings (SSSR count). The van der Waals surface area contributed by atoms with Gasteiger partial charge in [0.15, 0.2) is 0 Å². The number of carbonyl (C=O) groups is 1. The third-order valence-corrected chi connectivity index (χ3v) is 0.287. The zero-order valence-electron chi connectivity index (χ0n) is 6.06. The average Bonchev–Trinajstić information content (AvgIpc) is 1.61. The Kier molecular flexibility index (Phi) is 14.6. The molecule has 0 fully saturated rings. The van der Waals surface area contributed by atoms with Crippen LogP contribution >= 0.6 is 0 Å². The minimum atomic E-state index is -5.17. The Hall–Kier alpha value is 0.911. The van der Waals surface area contributed by atoms with Crippen LogP contribution in [-0.4, -0.2) is 79.5 Å². The van der Waals surface area contributed by atoms with E-state index in [2.05, 4.69) is 4.74 Å². The molecule has 11 heavy (non-hydrogen) atoms. The Morgan fingerprint density at radius 3 is 1.45 bits per heavy atom. The van der Waals surface area contributed by atoms with E-state index in [-0.39, 0.29) is 54.9 Å². The number of hydrogen-bond acceptors (Lipinski definition) is 6. The number of ether oxygens (including phenoxy) is 1. The second kappa shape index (κ2) is 9.00. The predicted molar refractivity (Wildman–Crippen MR) is 33.9 cm³/mol. The summed E-state index contributed by atoms with van der Waals surface area (Å²) in [6.45, 7) is 1.36. The van der Waals surface area contributed by atoms with Crippen molar-refractivity contribution in [2.75, 3.05) is 7.11 Å². The zero-order valence-corrected chi connectivity index (χ0v) is 11.3. The Balaban J connectivity index is -0.000000107. The fourth-order valence-electron chi connectivity index (χ4n) is 0. The maximum atomic E-state index is 9.59. The van der Waals surface area contributed by atoms with Crippen LogP contribution in [-0.2, 0) is 19.9 Å². The first kappa shape index (κ1) is 17.9. The monoisotopic (exact) mass is 308 g/mol. The normalized spacial score (nSPS) is 8.36. The van der Waals surface area contributed by atoms with E-state index >= 15 is 0 Å². The summed E-state index contributed by atoms with van der Waals surface area (Å²) in [4.78, 5) is 9.59. The molecule has 0 radical (unpaired) electrons. The first-order chi connectivity index (χ1) is 4.27. The molecular formula is C3H6BaO6S. The Morgan fingerprint density at radius 2 is 1.45 bits per heavy atom. The number of hydrogen-bond donors (Lipinski definition) is 0. The molecule has 8 heteroatoms. The summed E-state index contributed by atoms with van der Waals surface area (Å²) in [5.74, 6) is -0.245. The third kappa shape index (κ3) is 102. The minimum Gasteiger partial charge on any atom is -0.759 e. The fourth-order valence-corrected chi connectivity index (χ4v) is 0. The molecule has 0 saturated carbocycles. The van der Waals surface area contributed by atoms with Gasteiger partial charge in [0.1, 0.15) is 0 Å². The maximum absolute atomic E-state index is 9.59. The molecule has 0 aliphatic heterocycles. The van der Waals surface area contributed by atoms with E-state index in [0.717, 1.165) is 0 Å². The SMILES string of the molecule is COC(C)=O.O=S(=O)([O-])[O-].[Ba+2]. The molecule has 0 atom stereocenters. The Bertz CT molecular complexity index is 176. The van der Waals surface area contributed by atoms with Gasteiger partial charge in [-0.15, -0.1) is 0 Å². The molecule has 0 aliphatic carbocycles.